The molecule has 0 aromatic carbocycles. The van der Waals surface area contributed by atoms with Gasteiger partial charge in [-0.25, -0.2) is 4.79 Å². The van der Waals surface area contributed by atoms with Gasteiger partial charge in [0.25, 0.3) is 0 Å². The molecule has 3 aliphatic rings. The number of hydrogen-bond donors (Lipinski definition) is 0. The van der Waals surface area contributed by atoms with Crippen molar-refractivity contribution in [2.45, 2.75) is 84.3 Å². The quantitative estimate of drug-likeness (QED) is 0.501. The number of esters is 1. The Bertz CT molecular complexity index is 510. The lowest BCUT2D eigenvalue weighted by molar-refractivity contribution is -0.883. The van der Waals surface area contributed by atoms with Crippen LogP contribution in [0.4, 0.5) is 0 Å². The van der Waals surface area contributed by atoms with E-state index in [2.05, 4.69) is 34.9 Å². The monoisotopic (exact) mass is 366 g/mol. The summed E-state index contributed by atoms with van der Waals surface area (Å²) in [6.45, 7) is 9.30. The molecule has 0 amide bonds. The molecular formula is C22H40NO3+. The lowest BCUT2D eigenvalue weighted by Crippen LogP contribution is -2.48. The number of quaternary nitrogens is 1. The minimum atomic E-state index is -0.0464. The van der Waals surface area contributed by atoms with Crippen molar-refractivity contribution < 1.29 is 18.8 Å². The zero-order valence-corrected chi connectivity index (χ0v) is 17.7. The fourth-order valence-electron chi connectivity index (χ4n) is 5.66. The molecular weight excluding hydrogens is 326 g/mol. The topological polar surface area (TPSA) is 35.5 Å². The molecule has 3 saturated carbocycles. The molecule has 3 aliphatic carbocycles. The van der Waals surface area contributed by atoms with Crippen LogP contribution in [0.5, 0.6) is 0 Å². The van der Waals surface area contributed by atoms with Crippen molar-refractivity contribution in [3.05, 3.63) is 0 Å². The number of fused-ring (bicyclic) bond motifs is 2. The fourth-order valence-corrected chi connectivity index (χ4v) is 5.66. The zero-order valence-electron chi connectivity index (χ0n) is 17.7. The predicted molar refractivity (Wildman–Crippen MR) is 104 cm³/mol. The summed E-state index contributed by atoms with van der Waals surface area (Å²) in [5, 5.41) is 0. The van der Waals surface area contributed by atoms with E-state index >= 15 is 0 Å². The van der Waals surface area contributed by atoms with Gasteiger partial charge in [0.15, 0.2) is 6.54 Å². The van der Waals surface area contributed by atoms with E-state index in [1.807, 2.05) is 0 Å². The maximum absolute atomic E-state index is 12.3. The molecule has 0 heterocycles. The number of carbonyl (C=O) groups excluding carboxylic acids is 1. The number of carbonyl (C=O) groups is 1. The third-order valence-electron chi connectivity index (χ3n) is 8.14. The van der Waals surface area contributed by atoms with E-state index < -0.39 is 0 Å². The molecule has 0 aromatic heterocycles. The Kier molecular flexibility index (Phi) is 5.75. The van der Waals surface area contributed by atoms with Crippen LogP contribution in [0.1, 0.15) is 72.1 Å². The smallest absolute Gasteiger partial charge is 0.362 e. The summed E-state index contributed by atoms with van der Waals surface area (Å²) in [5.74, 6) is 0.764. The van der Waals surface area contributed by atoms with Crippen LogP contribution in [0.2, 0.25) is 0 Å². The number of nitrogens with zero attached hydrogens (tertiary/aromatic N) is 1. The van der Waals surface area contributed by atoms with Crippen LogP contribution >= 0.6 is 0 Å². The van der Waals surface area contributed by atoms with Gasteiger partial charge in [-0.2, -0.15) is 0 Å². The van der Waals surface area contributed by atoms with Crippen molar-refractivity contribution >= 4 is 5.97 Å². The highest BCUT2D eigenvalue weighted by Gasteiger charge is 2.61. The van der Waals surface area contributed by atoms with E-state index in [0.717, 1.165) is 31.9 Å². The Morgan fingerprint density at radius 3 is 2.35 bits per heavy atom. The summed E-state index contributed by atoms with van der Waals surface area (Å²) in [6.07, 6.45) is 10.2. The minimum Gasteiger partial charge on any atom is -0.458 e. The minimum absolute atomic E-state index is 0.0464. The van der Waals surface area contributed by atoms with Crippen molar-refractivity contribution in [2.24, 2.45) is 16.7 Å². The molecule has 0 spiro atoms. The Labute approximate surface area is 160 Å². The molecule has 2 bridgehead atoms. The summed E-state index contributed by atoms with van der Waals surface area (Å²) in [7, 11) is 4.22. The first-order chi connectivity index (χ1) is 12.1. The largest absolute Gasteiger partial charge is 0.458 e. The zero-order chi connectivity index (χ0) is 19.0. The summed E-state index contributed by atoms with van der Waals surface area (Å²) >= 11 is 0. The van der Waals surface area contributed by atoms with Crippen LogP contribution in [0.15, 0.2) is 0 Å². The summed E-state index contributed by atoms with van der Waals surface area (Å²) < 4.78 is 12.7. The maximum Gasteiger partial charge on any atom is 0.362 e. The molecule has 3 fully saturated rings. The molecule has 3 atom stereocenters. The van der Waals surface area contributed by atoms with Gasteiger partial charge in [-0.1, -0.05) is 27.2 Å². The van der Waals surface area contributed by atoms with Crippen LogP contribution in [0.25, 0.3) is 0 Å². The van der Waals surface area contributed by atoms with Gasteiger partial charge in [0.05, 0.1) is 26.8 Å². The van der Waals surface area contributed by atoms with E-state index in [9.17, 15) is 4.79 Å². The standard InChI is InChI=1S/C22H40NO3/c1-21(2)17-11-12-22(21,3)19(15-17)25-14-13-23(4,5)16-20(24)26-18-9-7-6-8-10-18/h17-19H,6-16H2,1-5H3/q+1/t17-,19-,22-/m1/s1. The van der Waals surface area contributed by atoms with Crippen LogP contribution in [-0.4, -0.2) is 56.5 Å². The molecule has 0 N–H and O–H groups in total. The van der Waals surface area contributed by atoms with E-state index in [1.165, 1.54) is 38.5 Å². The third kappa shape index (κ3) is 3.96. The van der Waals surface area contributed by atoms with Gasteiger partial charge in [-0.3, -0.25) is 0 Å². The molecule has 0 aliphatic heterocycles. The molecule has 4 heteroatoms. The van der Waals surface area contributed by atoms with Crippen molar-refractivity contribution in [3.8, 4) is 0 Å². The first-order valence-electron chi connectivity index (χ1n) is 10.8. The normalized spacial score (nSPS) is 34.2. The third-order valence-corrected chi connectivity index (χ3v) is 8.14. The Morgan fingerprint density at radius 1 is 1.08 bits per heavy atom. The second-order valence-corrected chi connectivity index (χ2v) is 10.5. The fraction of sp³-hybridized carbons (Fsp3) is 0.955. The van der Waals surface area contributed by atoms with Crippen molar-refractivity contribution in [3.63, 3.8) is 0 Å². The van der Waals surface area contributed by atoms with Crippen LogP contribution in [0, 0.1) is 16.7 Å². The van der Waals surface area contributed by atoms with E-state index in [4.69, 9.17) is 9.47 Å². The van der Waals surface area contributed by atoms with Gasteiger partial charge < -0.3 is 14.0 Å². The molecule has 0 radical (unpaired) electrons. The first-order valence-corrected chi connectivity index (χ1v) is 10.8. The highest BCUT2D eigenvalue weighted by molar-refractivity contribution is 5.70. The highest BCUT2D eigenvalue weighted by Crippen LogP contribution is 2.66. The number of likely N-dealkylation sites (N-methyl/N-ethyl adjacent to an activating group) is 1. The number of ether oxygens (including phenoxy) is 2. The van der Waals surface area contributed by atoms with Gasteiger partial charge >= 0.3 is 5.97 Å². The van der Waals surface area contributed by atoms with Gasteiger partial charge in [0, 0.05) is 0 Å². The van der Waals surface area contributed by atoms with Crippen molar-refractivity contribution in [2.75, 3.05) is 33.8 Å². The highest BCUT2D eigenvalue weighted by atomic mass is 16.5. The Hall–Kier alpha value is -0.610. The summed E-state index contributed by atoms with van der Waals surface area (Å²) in [4.78, 5) is 12.3. The van der Waals surface area contributed by atoms with Crippen LogP contribution < -0.4 is 0 Å². The molecule has 150 valence electrons. The molecule has 0 unspecified atom stereocenters. The maximum atomic E-state index is 12.3. The molecule has 3 rings (SSSR count). The second-order valence-electron chi connectivity index (χ2n) is 10.5. The molecule has 0 saturated heterocycles. The van der Waals surface area contributed by atoms with Crippen LogP contribution in [0.3, 0.4) is 0 Å². The summed E-state index contributed by atoms with van der Waals surface area (Å²) in [6, 6.07) is 0. The molecule has 0 aromatic rings. The SMILES string of the molecule is CC1(C)[C@@H]2CC[C@]1(C)[C@H](OCC[N+](C)(C)CC(=O)OC1CCCCC1)C2. The molecule has 26 heavy (non-hydrogen) atoms. The Balaban J connectivity index is 1.42. The van der Waals surface area contributed by atoms with E-state index in [0.29, 0.717) is 28.0 Å². The summed E-state index contributed by atoms with van der Waals surface area (Å²) in [5.41, 5.74) is 0.709. The van der Waals surface area contributed by atoms with Gasteiger partial charge in [0.2, 0.25) is 0 Å². The first kappa shape index (κ1) is 20.1. The lowest BCUT2D eigenvalue weighted by atomic mass is 9.70. The number of hydrogen-bond acceptors (Lipinski definition) is 3. The lowest BCUT2D eigenvalue weighted by Gasteiger charge is -2.39. The van der Waals surface area contributed by atoms with Crippen molar-refractivity contribution in [1.29, 1.82) is 0 Å². The van der Waals surface area contributed by atoms with Crippen LogP contribution in [-0.2, 0) is 14.3 Å². The van der Waals surface area contributed by atoms with E-state index in [-0.39, 0.29) is 12.1 Å². The second kappa shape index (κ2) is 7.43. The van der Waals surface area contributed by atoms with Gasteiger partial charge in [-0.15, -0.1) is 0 Å². The molecule has 4 nitrogen and oxygen atoms in total. The average Bonchev–Trinajstić information content (AvgIpc) is 2.88. The van der Waals surface area contributed by atoms with Gasteiger partial charge in [-0.05, 0) is 61.7 Å². The average molecular weight is 367 g/mol. The Morgan fingerprint density at radius 2 is 1.77 bits per heavy atom. The number of rotatable bonds is 7. The van der Waals surface area contributed by atoms with E-state index in [1.54, 1.807) is 0 Å². The predicted octanol–water partition coefficient (Wildman–Crippen LogP) is 4.17. The van der Waals surface area contributed by atoms with Gasteiger partial charge in [0.1, 0.15) is 12.6 Å². The van der Waals surface area contributed by atoms with Crippen molar-refractivity contribution in [1.82, 2.24) is 0 Å².